The zero-order valence-electron chi connectivity index (χ0n) is 7.55. The van der Waals surface area contributed by atoms with Crippen molar-refractivity contribution >= 4 is 16.7 Å². The van der Waals surface area contributed by atoms with Gasteiger partial charge in [0.15, 0.2) is 0 Å². The summed E-state index contributed by atoms with van der Waals surface area (Å²) in [4.78, 5) is 3.70. The maximum atomic E-state index is 12.5. The Morgan fingerprint density at radius 2 is 1.80 bits per heavy atom. The van der Waals surface area contributed by atoms with Gasteiger partial charge in [0.2, 0.25) is 0 Å². The van der Waals surface area contributed by atoms with Gasteiger partial charge in [-0.2, -0.15) is 13.2 Å². The van der Waals surface area contributed by atoms with E-state index in [9.17, 15) is 13.2 Å². The molecule has 0 fully saturated rings. The largest absolute Gasteiger partial charge is 0.419 e. The lowest BCUT2D eigenvalue weighted by Crippen LogP contribution is -2.10. The first-order valence-corrected chi connectivity index (χ1v) is 4.21. The number of nitrogens with zero attached hydrogens (tertiary/aromatic N) is 1. The van der Waals surface area contributed by atoms with E-state index in [1.165, 1.54) is 0 Å². The van der Waals surface area contributed by atoms with Crippen LogP contribution in [0.4, 0.5) is 19.0 Å². The second kappa shape index (κ2) is 3.12. The quantitative estimate of drug-likeness (QED) is 0.729. The number of hydrogen-bond acceptors (Lipinski definition) is 2. The summed E-state index contributed by atoms with van der Waals surface area (Å²) < 4.78 is 37.4. The van der Waals surface area contributed by atoms with E-state index in [1.54, 1.807) is 24.3 Å². The van der Waals surface area contributed by atoms with Crippen LogP contribution >= 0.6 is 0 Å². The number of hydrogen-bond donors (Lipinski definition) is 1. The van der Waals surface area contributed by atoms with Crippen molar-refractivity contribution in [2.75, 3.05) is 5.73 Å². The average molecular weight is 212 g/mol. The third-order valence-electron chi connectivity index (χ3n) is 2.06. The summed E-state index contributed by atoms with van der Waals surface area (Å²) in [6, 6.07) is 7.54. The fraction of sp³-hybridized carbons (Fsp3) is 0.100. The number of pyridine rings is 1. The normalized spacial score (nSPS) is 11.9. The summed E-state index contributed by atoms with van der Waals surface area (Å²) in [5.74, 6) is -0.485. The molecular weight excluding hydrogens is 205 g/mol. The Hall–Kier alpha value is -1.78. The van der Waals surface area contributed by atoms with Gasteiger partial charge in [0, 0.05) is 5.39 Å². The lowest BCUT2D eigenvalue weighted by atomic mass is 10.1. The van der Waals surface area contributed by atoms with E-state index in [0.29, 0.717) is 10.9 Å². The Kier molecular flexibility index (Phi) is 2.03. The highest BCUT2D eigenvalue weighted by molar-refractivity contribution is 5.81. The highest BCUT2D eigenvalue weighted by atomic mass is 19.4. The van der Waals surface area contributed by atoms with Crippen molar-refractivity contribution in [3.63, 3.8) is 0 Å². The van der Waals surface area contributed by atoms with Crippen LogP contribution in [0.1, 0.15) is 5.56 Å². The highest BCUT2D eigenvalue weighted by Gasteiger charge is 2.33. The lowest BCUT2D eigenvalue weighted by Gasteiger charge is -2.09. The molecule has 5 heteroatoms. The summed E-state index contributed by atoms with van der Waals surface area (Å²) in [6.45, 7) is 0. The van der Waals surface area contributed by atoms with Crippen molar-refractivity contribution in [3.05, 3.63) is 35.9 Å². The zero-order valence-corrected chi connectivity index (χ0v) is 7.55. The van der Waals surface area contributed by atoms with E-state index in [-0.39, 0.29) is 0 Å². The second-order valence-corrected chi connectivity index (χ2v) is 3.11. The minimum atomic E-state index is -4.46. The van der Waals surface area contributed by atoms with Gasteiger partial charge in [-0.15, -0.1) is 0 Å². The molecule has 2 rings (SSSR count). The smallest absolute Gasteiger partial charge is 0.383 e. The monoisotopic (exact) mass is 212 g/mol. The van der Waals surface area contributed by atoms with E-state index in [0.717, 1.165) is 6.07 Å². The number of para-hydroxylation sites is 1. The third-order valence-corrected chi connectivity index (χ3v) is 2.06. The maximum Gasteiger partial charge on any atom is 0.419 e. The summed E-state index contributed by atoms with van der Waals surface area (Å²) in [7, 11) is 0. The number of nitrogen functional groups attached to an aromatic ring is 1. The SMILES string of the molecule is Nc1nc2ccccc2cc1C(F)(F)F. The molecule has 0 aliphatic rings. The maximum absolute atomic E-state index is 12.5. The van der Waals surface area contributed by atoms with Crippen LogP contribution < -0.4 is 5.73 Å². The van der Waals surface area contributed by atoms with Crippen molar-refractivity contribution in [2.24, 2.45) is 0 Å². The Morgan fingerprint density at radius 1 is 1.13 bits per heavy atom. The molecule has 1 heterocycles. The molecule has 1 aromatic heterocycles. The molecule has 0 unspecified atom stereocenters. The van der Waals surface area contributed by atoms with Gasteiger partial charge >= 0.3 is 6.18 Å². The van der Waals surface area contributed by atoms with Gasteiger partial charge in [-0.3, -0.25) is 0 Å². The summed E-state index contributed by atoms with van der Waals surface area (Å²) in [6.07, 6.45) is -4.46. The fourth-order valence-corrected chi connectivity index (χ4v) is 1.36. The number of nitrogens with two attached hydrogens (primary N) is 1. The molecule has 2 nitrogen and oxygen atoms in total. The van der Waals surface area contributed by atoms with E-state index >= 15 is 0 Å². The van der Waals surface area contributed by atoms with Crippen LogP contribution in [-0.4, -0.2) is 4.98 Å². The number of rotatable bonds is 0. The minimum Gasteiger partial charge on any atom is -0.383 e. The third kappa shape index (κ3) is 1.72. The molecule has 0 saturated carbocycles. The van der Waals surface area contributed by atoms with Crippen molar-refractivity contribution < 1.29 is 13.2 Å². The molecule has 0 aliphatic heterocycles. The van der Waals surface area contributed by atoms with Crippen molar-refractivity contribution in [1.82, 2.24) is 4.98 Å². The first-order chi connectivity index (χ1) is 6.98. The van der Waals surface area contributed by atoms with Gasteiger partial charge in [-0.25, -0.2) is 4.98 Å². The molecule has 0 atom stereocenters. The van der Waals surface area contributed by atoms with E-state index in [4.69, 9.17) is 5.73 Å². The molecule has 2 aromatic rings. The lowest BCUT2D eigenvalue weighted by molar-refractivity contribution is -0.137. The van der Waals surface area contributed by atoms with Crippen LogP contribution in [0.5, 0.6) is 0 Å². The van der Waals surface area contributed by atoms with Crippen LogP contribution in [0.2, 0.25) is 0 Å². The van der Waals surface area contributed by atoms with Gasteiger partial charge in [0.25, 0.3) is 0 Å². The topological polar surface area (TPSA) is 38.9 Å². The first-order valence-electron chi connectivity index (χ1n) is 4.21. The van der Waals surface area contributed by atoms with Gasteiger partial charge in [-0.1, -0.05) is 18.2 Å². The summed E-state index contributed by atoms with van der Waals surface area (Å²) in [5, 5.41) is 0.430. The average Bonchev–Trinajstić information content (AvgIpc) is 2.15. The van der Waals surface area contributed by atoms with E-state index < -0.39 is 17.6 Å². The summed E-state index contributed by atoms with van der Waals surface area (Å²) in [5.41, 5.74) is 4.82. The molecule has 0 amide bonds. The van der Waals surface area contributed by atoms with Crippen LogP contribution in [0.15, 0.2) is 30.3 Å². The highest BCUT2D eigenvalue weighted by Crippen LogP contribution is 2.34. The number of aromatic nitrogens is 1. The van der Waals surface area contributed by atoms with Crippen LogP contribution in [0.3, 0.4) is 0 Å². The predicted octanol–water partition coefficient (Wildman–Crippen LogP) is 2.84. The van der Waals surface area contributed by atoms with Gasteiger partial charge < -0.3 is 5.73 Å². The fourth-order valence-electron chi connectivity index (χ4n) is 1.36. The Morgan fingerprint density at radius 3 is 2.47 bits per heavy atom. The summed E-state index contributed by atoms with van der Waals surface area (Å²) >= 11 is 0. The predicted molar refractivity (Wildman–Crippen MR) is 51.2 cm³/mol. The molecule has 2 N–H and O–H groups in total. The van der Waals surface area contributed by atoms with Crippen molar-refractivity contribution in [3.8, 4) is 0 Å². The molecule has 0 saturated heterocycles. The molecule has 0 aliphatic carbocycles. The number of halogens is 3. The van der Waals surface area contributed by atoms with Crippen molar-refractivity contribution in [2.45, 2.75) is 6.18 Å². The molecular formula is C10H7F3N2. The Labute approximate surface area is 83.5 Å². The molecule has 15 heavy (non-hydrogen) atoms. The minimum absolute atomic E-state index is 0.430. The van der Waals surface area contributed by atoms with Crippen molar-refractivity contribution in [1.29, 1.82) is 0 Å². The number of anilines is 1. The number of benzene rings is 1. The molecule has 78 valence electrons. The van der Waals surface area contributed by atoms with Gasteiger partial charge in [-0.05, 0) is 12.1 Å². The number of fused-ring (bicyclic) bond motifs is 1. The van der Waals surface area contributed by atoms with Gasteiger partial charge in [0.1, 0.15) is 5.82 Å². The van der Waals surface area contributed by atoms with Gasteiger partial charge in [0.05, 0.1) is 11.1 Å². The Bertz CT molecular complexity index is 505. The second-order valence-electron chi connectivity index (χ2n) is 3.11. The van der Waals surface area contributed by atoms with Crippen LogP contribution in [0.25, 0.3) is 10.9 Å². The van der Waals surface area contributed by atoms with Crippen LogP contribution in [0, 0.1) is 0 Å². The number of alkyl halides is 3. The first kappa shape index (κ1) is 9.76. The standard InChI is InChI=1S/C10H7F3N2/c11-10(12,13)7-5-6-3-1-2-4-8(6)15-9(7)14/h1-5H,(H2,14,15). The Balaban J connectivity index is 2.73. The molecule has 1 aromatic carbocycles. The molecule has 0 spiro atoms. The molecule has 0 bridgehead atoms. The molecule has 0 radical (unpaired) electrons. The van der Waals surface area contributed by atoms with E-state index in [2.05, 4.69) is 4.98 Å². The van der Waals surface area contributed by atoms with E-state index in [1.807, 2.05) is 0 Å². The van der Waals surface area contributed by atoms with Crippen LogP contribution in [-0.2, 0) is 6.18 Å². The zero-order chi connectivity index (χ0) is 11.1.